The number of rotatable bonds is 6. The second-order valence-electron chi connectivity index (χ2n) is 6.47. The Morgan fingerprint density at radius 1 is 1.10 bits per heavy atom. The van der Waals surface area contributed by atoms with Crippen molar-refractivity contribution in [2.45, 2.75) is 6.54 Å². The van der Waals surface area contributed by atoms with Crippen molar-refractivity contribution in [1.29, 1.82) is 0 Å². The van der Waals surface area contributed by atoms with Gasteiger partial charge in [-0.25, -0.2) is 9.37 Å². The Balaban J connectivity index is 1.59. The first-order valence-corrected chi connectivity index (χ1v) is 9.12. The van der Waals surface area contributed by atoms with Gasteiger partial charge in [0.15, 0.2) is 5.82 Å². The third kappa shape index (κ3) is 3.91. The summed E-state index contributed by atoms with van der Waals surface area (Å²) in [4.78, 5) is 20.7. The molecule has 0 spiro atoms. The molecule has 0 aliphatic heterocycles. The molecule has 0 aliphatic carbocycles. The normalized spacial score (nSPS) is 10.8. The van der Waals surface area contributed by atoms with Crippen molar-refractivity contribution >= 4 is 5.91 Å². The van der Waals surface area contributed by atoms with Gasteiger partial charge in [-0.05, 0) is 29.8 Å². The number of pyridine rings is 1. The van der Waals surface area contributed by atoms with Crippen LogP contribution in [0, 0.1) is 5.82 Å². The smallest absolute Gasteiger partial charge is 0.269 e. The highest BCUT2D eigenvalue weighted by Gasteiger charge is 2.18. The summed E-state index contributed by atoms with van der Waals surface area (Å²) in [7, 11) is 1.90. The molecule has 29 heavy (non-hydrogen) atoms. The van der Waals surface area contributed by atoms with Gasteiger partial charge >= 0.3 is 0 Å². The molecule has 1 N–H and O–H groups in total. The van der Waals surface area contributed by atoms with E-state index in [9.17, 15) is 9.18 Å². The topological polar surface area (TPSA) is 77.6 Å². The van der Waals surface area contributed by atoms with E-state index in [-0.39, 0.29) is 11.7 Å². The predicted octanol–water partition coefficient (Wildman–Crippen LogP) is 2.91. The van der Waals surface area contributed by atoms with Crippen molar-refractivity contribution in [2.75, 3.05) is 6.54 Å². The summed E-state index contributed by atoms with van der Waals surface area (Å²) in [5.74, 6) is 0.199. The van der Waals surface area contributed by atoms with Crippen molar-refractivity contribution < 1.29 is 9.18 Å². The fourth-order valence-electron chi connectivity index (χ4n) is 3.09. The highest BCUT2D eigenvalue weighted by Crippen LogP contribution is 2.31. The van der Waals surface area contributed by atoms with Crippen LogP contribution in [0.1, 0.15) is 10.5 Å². The van der Waals surface area contributed by atoms with E-state index in [1.54, 1.807) is 53.6 Å². The van der Waals surface area contributed by atoms with Gasteiger partial charge in [0.05, 0.1) is 12.7 Å². The van der Waals surface area contributed by atoms with Gasteiger partial charge in [-0.3, -0.25) is 14.5 Å². The van der Waals surface area contributed by atoms with Crippen molar-refractivity contribution in [3.63, 3.8) is 0 Å². The van der Waals surface area contributed by atoms with Crippen molar-refractivity contribution in [1.82, 2.24) is 29.6 Å². The molecule has 8 heteroatoms. The van der Waals surface area contributed by atoms with E-state index in [1.165, 1.54) is 12.1 Å². The Kier molecular flexibility index (Phi) is 5.15. The lowest BCUT2D eigenvalue weighted by Crippen LogP contribution is -2.28. The first-order chi connectivity index (χ1) is 14.1. The molecule has 1 amide bonds. The van der Waals surface area contributed by atoms with Gasteiger partial charge in [-0.15, -0.1) is 0 Å². The van der Waals surface area contributed by atoms with Crippen LogP contribution < -0.4 is 5.32 Å². The van der Waals surface area contributed by atoms with Crippen LogP contribution in [-0.2, 0) is 13.6 Å². The lowest BCUT2D eigenvalue weighted by atomic mass is 10.1. The van der Waals surface area contributed by atoms with Gasteiger partial charge in [0.1, 0.15) is 17.2 Å². The molecule has 1 aromatic carbocycles. The van der Waals surface area contributed by atoms with Crippen LogP contribution in [0.25, 0.3) is 22.6 Å². The summed E-state index contributed by atoms with van der Waals surface area (Å²) >= 11 is 0. The maximum atomic E-state index is 13.3. The second-order valence-corrected chi connectivity index (χ2v) is 6.47. The Hall–Kier alpha value is -3.81. The number of carbonyl (C=O) groups excluding carboxylic acids is 1. The maximum absolute atomic E-state index is 13.3. The number of amides is 1. The van der Waals surface area contributed by atoms with E-state index in [4.69, 9.17) is 0 Å². The Morgan fingerprint density at radius 3 is 2.62 bits per heavy atom. The zero-order chi connectivity index (χ0) is 20.2. The lowest BCUT2D eigenvalue weighted by Gasteiger charge is -2.11. The van der Waals surface area contributed by atoms with E-state index < -0.39 is 0 Å². The van der Waals surface area contributed by atoms with E-state index in [1.807, 2.05) is 17.8 Å². The molecule has 0 bridgehead atoms. The van der Waals surface area contributed by atoms with Gasteiger partial charge in [0.25, 0.3) is 5.91 Å². The number of carbonyl (C=O) groups is 1. The molecule has 0 saturated carbocycles. The summed E-state index contributed by atoms with van der Waals surface area (Å²) in [6.07, 6.45) is 6.88. The number of nitrogens with zero attached hydrogens (tertiary/aromatic N) is 5. The minimum Gasteiger partial charge on any atom is -0.349 e. The predicted molar refractivity (Wildman–Crippen MR) is 106 cm³/mol. The van der Waals surface area contributed by atoms with Crippen LogP contribution in [-0.4, -0.2) is 36.8 Å². The first-order valence-electron chi connectivity index (χ1n) is 9.12. The molecular weight excluding hydrogens is 371 g/mol. The van der Waals surface area contributed by atoms with Crippen LogP contribution in [0.15, 0.2) is 67.3 Å². The number of imidazole rings is 1. The Bertz CT molecular complexity index is 1120. The lowest BCUT2D eigenvalue weighted by molar-refractivity contribution is 0.0947. The third-order valence-corrected chi connectivity index (χ3v) is 4.53. The molecular formula is C21H19FN6O. The molecule has 0 radical (unpaired) electrons. The molecule has 7 nitrogen and oxygen atoms in total. The second kappa shape index (κ2) is 8.05. The number of nitrogens with one attached hydrogen (secondary N) is 1. The van der Waals surface area contributed by atoms with Crippen LogP contribution in [0.4, 0.5) is 4.39 Å². The summed E-state index contributed by atoms with van der Waals surface area (Å²) in [5.41, 5.74) is 2.85. The molecule has 0 unspecified atom stereocenters. The number of benzene rings is 1. The zero-order valence-corrected chi connectivity index (χ0v) is 15.8. The molecule has 0 fully saturated rings. The molecule has 0 saturated heterocycles. The SMILES string of the molecule is Cn1ccnc1-c1c(-c2ccc(F)cc2)cnn1CCNC(=O)c1ccccn1. The fourth-order valence-corrected chi connectivity index (χ4v) is 3.09. The van der Waals surface area contributed by atoms with E-state index in [0.29, 0.717) is 18.8 Å². The number of halogens is 1. The van der Waals surface area contributed by atoms with E-state index >= 15 is 0 Å². The summed E-state index contributed by atoms with van der Waals surface area (Å²) in [6, 6.07) is 11.5. The molecule has 0 aliphatic rings. The van der Waals surface area contributed by atoms with Crippen LogP contribution in [0.2, 0.25) is 0 Å². The monoisotopic (exact) mass is 390 g/mol. The number of hydrogen-bond donors (Lipinski definition) is 1. The molecule has 0 atom stereocenters. The minimum absolute atomic E-state index is 0.241. The van der Waals surface area contributed by atoms with Crippen LogP contribution >= 0.6 is 0 Å². The van der Waals surface area contributed by atoms with Crippen LogP contribution in [0.3, 0.4) is 0 Å². The van der Waals surface area contributed by atoms with Crippen LogP contribution in [0.5, 0.6) is 0 Å². The highest BCUT2D eigenvalue weighted by molar-refractivity contribution is 5.92. The molecule has 3 aromatic heterocycles. The van der Waals surface area contributed by atoms with Gasteiger partial charge in [0.2, 0.25) is 0 Å². The summed E-state index contributed by atoms with van der Waals surface area (Å²) < 4.78 is 17.0. The average molecular weight is 390 g/mol. The summed E-state index contributed by atoms with van der Waals surface area (Å²) in [6.45, 7) is 0.819. The molecule has 146 valence electrons. The number of aromatic nitrogens is 5. The quantitative estimate of drug-likeness (QED) is 0.549. The zero-order valence-electron chi connectivity index (χ0n) is 15.8. The van der Waals surface area contributed by atoms with Crippen molar-refractivity contribution in [2.24, 2.45) is 7.05 Å². The highest BCUT2D eigenvalue weighted by atomic mass is 19.1. The van der Waals surface area contributed by atoms with Crippen molar-refractivity contribution in [3.05, 3.63) is 78.8 Å². The van der Waals surface area contributed by atoms with Crippen molar-refractivity contribution in [3.8, 4) is 22.6 Å². The Labute approximate surface area is 166 Å². The number of aryl methyl sites for hydroxylation is 1. The molecule has 3 heterocycles. The van der Waals surface area contributed by atoms with Gasteiger partial charge < -0.3 is 9.88 Å². The fraction of sp³-hybridized carbons (Fsp3) is 0.143. The van der Waals surface area contributed by atoms with E-state index in [2.05, 4.69) is 20.4 Å². The molecule has 4 rings (SSSR count). The largest absolute Gasteiger partial charge is 0.349 e. The first kappa shape index (κ1) is 18.5. The molecule has 4 aromatic rings. The van der Waals surface area contributed by atoms with Gasteiger partial charge in [0, 0.05) is 37.7 Å². The van der Waals surface area contributed by atoms with Gasteiger partial charge in [-0.1, -0.05) is 18.2 Å². The number of hydrogen-bond acceptors (Lipinski definition) is 4. The van der Waals surface area contributed by atoms with E-state index in [0.717, 1.165) is 22.6 Å². The third-order valence-electron chi connectivity index (χ3n) is 4.53. The minimum atomic E-state index is -0.295. The van der Waals surface area contributed by atoms with Gasteiger partial charge in [-0.2, -0.15) is 5.10 Å². The standard InChI is InChI=1S/C21H19FN6O/c1-27-12-10-24-20(27)19-17(15-5-7-16(22)8-6-15)14-26-28(19)13-11-25-21(29)18-4-2-3-9-23-18/h2-10,12,14H,11,13H2,1H3,(H,25,29). The maximum Gasteiger partial charge on any atom is 0.269 e. The summed E-state index contributed by atoms with van der Waals surface area (Å²) in [5, 5.41) is 7.34. The Morgan fingerprint density at radius 2 is 1.93 bits per heavy atom. The average Bonchev–Trinajstić information content (AvgIpc) is 3.35.